The zero-order valence-corrected chi connectivity index (χ0v) is 26.2. The first-order valence-electron chi connectivity index (χ1n) is 17.5. The van der Waals surface area contributed by atoms with Crippen molar-refractivity contribution >= 4 is 5.97 Å². The SMILES string of the molecule is CCCCCCCCCCCCCCCCCCCCCCCCCCCCCC(=O)OCc1ccccc1. The van der Waals surface area contributed by atoms with E-state index in [0.29, 0.717) is 13.0 Å². The molecule has 0 saturated carbocycles. The summed E-state index contributed by atoms with van der Waals surface area (Å²) >= 11 is 0. The van der Waals surface area contributed by atoms with Gasteiger partial charge in [0.15, 0.2) is 0 Å². The molecule has 0 N–H and O–H groups in total. The van der Waals surface area contributed by atoms with Crippen LogP contribution >= 0.6 is 0 Å². The monoisotopic (exact) mass is 543 g/mol. The van der Waals surface area contributed by atoms with Crippen LogP contribution in [0.15, 0.2) is 30.3 Å². The highest BCUT2D eigenvalue weighted by molar-refractivity contribution is 5.69. The predicted octanol–water partition coefficient (Wildman–Crippen LogP) is 12.7. The molecule has 0 aliphatic heterocycles. The highest BCUT2D eigenvalue weighted by Gasteiger charge is 2.03. The largest absolute Gasteiger partial charge is 0.461 e. The number of ether oxygens (including phenoxy) is 1. The zero-order valence-electron chi connectivity index (χ0n) is 26.2. The van der Waals surface area contributed by atoms with Crippen molar-refractivity contribution in [3.8, 4) is 0 Å². The van der Waals surface area contributed by atoms with Crippen LogP contribution in [0.1, 0.15) is 192 Å². The molecule has 0 fully saturated rings. The number of unbranched alkanes of at least 4 members (excludes halogenated alkanes) is 26. The number of benzene rings is 1. The second-order valence-corrected chi connectivity index (χ2v) is 12.1. The smallest absolute Gasteiger partial charge is 0.306 e. The number of hydrogen-bond acceptors (Lipinski definition) is 2. The Hall–Kier alpha value is -1.31. The molecule has 0 unspecified atom stereocenters. The third kappa shape index (κ3) is 26.7. The van der Waals surface area contributed by atoms with Gasteiger partial charge in [-0.1, -0.05) is 204 Å². The van der Waals surface area contributed by atoms with Crippen LogP contribution in [0.4, 0.5) is 0 Å². The van der Waals surface area contributed by atoms with Gasteiger partial charge in [-0.2, -0.15) is 0 Å². The van der Waals surface area contributed by atoms with Crippen LogP contribution in [-0.2, 0) is 16.1 Å². The van der Waals surface area contributed by atoms with Gasteiger partial charge in [-0.25, -0.2) is 0 Å². The highest BCUT2D eigenvalue weighted by Crippen LogP contribution is 2.16. The standard InChI is InChI=1S/C37H66O2/c1-2-3-4-5-6-7-8-9-10-11-12-13-14-15-16-17-18-19-20-21-22-23-24-25-26-27-31-34-37(38)39-35-36-32-29-28-30-33-36/h28-30,32-33H,2-27,31,34-35H2,1H3. The molecule has 1 aromatic rings. The van der Waals surface area contributed by atoms with Gasteiger partial charge in [0, 0.05) is 6.42 Å². The number of esters is 1. The molecule has 1 aromatic carbocycles. The first-order chi connectivity index (χ1) is 19.3. The summed E-state index contributed by atoms with van der Waals surface area (Å²) in [4.78, 5) is 11.8. The summed E-state index contributed by atoms with van der Waals surface area (Å²) in [5.74, 6) is -0.0570. The molecule has 0 radical (unpaired) electrons. The molecule has 226 valence electrons. The van der Waals surface area contributed by atoms with Gasteiger partial charge < -0.3 is 4.74 Å². The quantitative estimate of drug-likeness (QED) is 0.0713. The first kappa shape index (κ1) is 35.7. The molecule has 2 heteroatoms. The van der Waals surface area contributed by atoms with Crippen LogP contribution in [0.2, 0.25) is 0 Å². The number of carbonyl (C=O) groups excluding carboxylic acids is 1. The van der Waals surface area contributed by atoms with E-state index in [2.05, 4.69) is 6.92 Å². The van der Waals surface area contributed by atoms with Gasteiger partial charge in [0.2, 0.25) is 0 Å². The predicted molar refractivity (Wildman–Crippen MR) is 171 cm³/mol. The van der Waals surface area contributed by atoms with Crippen molar-refractivity contribution in [2.75, 3.05) is 0 Å². The van der Waals surface area contributed by atoms with Gasteiger partial charge in [0.1, 0.15) is 6.61 Å². The minimum atomic E-state index is -0.0570. The lowest BCUT2D eigenvalue weighted by Crippen LogP contribution is -2.04. The Morgan fingerprint density at radius 2 is 0.769 bits per heavy atom. The summed E-state index contributed by atoms with van der Waals surface area (Å²) in [6.45, 7) is 2.70. The lowest BCUT2D eigenvalue weighted by molar-refractivity contribution is -0.145. The normalized spacial score (nSPS) is 11.2. The minimum absolute atomic E-state index is 0.0570. The van der Waals surface area contributed by atoms with Crippen molar-refractivity contribution < 1.29 is 9.53 Å². The average Bonchev–Trinajstić information content (AvgIpc) is 2.96. The van der Waals surface area contributed by atoms with Crippen LogP contribution in [-0.4, -0.2) is 5.97 Å². The Bertz CT molecular complexity index is 611. The van der Waals surface area contributed by atoms with Crippen molar-refractivity contribution in [1.82, 2.24) is 0 Å². The Kier molecular flexibility index (Phi) is 27.2. The van der Waals surface area contributed by atoms with Crippen LogP contribution in [0.5, 0.6) is 0 Å². The van der Waals surface area contributed by atoms with E-state index in [-0.39, 0.29) is 5.97 Å². The van der Waals surface area contributed by atoms with Crippen molar-refractivity contribution in [2.24, 2.45) is 0 Å². The van der Waals surface area contributed by atoms with Crippen molar-refractivity contribution in [3.05, 3.63) is 35.9 Å². The first-order valence-corrected chi connectivity index (χ1v) is 17.5. The van der Waals surface area contributed by atoms with Crippen LogP contribution in [0, 0.1) is 0 Å². The molecule has 39 heavy (non-hydrogen) atoms. The van der Waals surface area contributed by atoms with Crippen LogP contribution in [0.3, 0.4) is 0 Å². The number of hydrogen-bond donors (Lipinski definition) is 0. The van der Waals surface area contributed by atoms with Gasteiger partial charge in [0.25, 0.3) is 0 Å². The van der Waals surface area contributed by atoms with E-state index in [4.69, 9.17) is 4.74 Å². The molecule has 0 heterocycles. The lowest BCUT2D eigenvalue weighted by Gasteiger charge is -2.05. The Morgan fingerprint density at radius 3 is 1.10 bits per heavy atom. The van der Waals surface area contributed by atoms with E-state index in [0.717, 1.165) is 18.4 Å². The minimum Gasteiger partial charge on any atom is -0.461 e. The van der Waals surface area contributed by atoms with Gasteiger partial charge >= 0.3 is 5.97 Å². The molecule has 0 aliphatic rings. The lowest BCUT2D eigenvalue weighted by atomic mass is 10.0. The van der Waals surface area contributed by atoms with E-state index in [1.807, 2.05) is 30.3 Å². The fourth-order valence-electron chi connectivity index (χ4n) is 5.57. The fraction of sp³-hybridized carbons (Fsp3) is 0.811. The third-order valence-corrected chi connectivity index (χ3v) is 8.23. The summed E-state index contributed by atoms with van der Waals surface area (Å²) in [6.07, 6.45) is 38.5. The molecule has 0 spiro atoms. The maximum Gasteiger partial charge on any atom is 0.306 e. The Labute approximate surface area is 244 Å². The van der Waals surface area contributed by atoms with E-state index in [1.165, 1.54) is 161 Å². The molecule has 0 saturated heterocycles. The van der Waals surface area contributed by atoms with Crippen molar-refractivity contribution in [2.45, 2.75) is 193 Å². The Balaban J connectivity index is 1.66. The van der Waals surface area contributed by atoms with E-state index >= 15 is 0 Å². The molecule has 0 amide bonds. The maximum absolute atomic E-state index is 11.8. The van der Waals surface area contributed by atoms with Crippen molar-refractivity contribution in [3.63, 3.8) is 0 Å². The molecule has 0 aliphatic carbocycles. The second-order valence-electron chi connectivity index (χ2n) is 12.1. The topological polar surface area (TPSA) is 26.3 Å². The van der Waals surface area contributed by atoms with Gasteiger partial charge in [-0.05, 0) is 12.0 Å². The van der Waals surface area contributed by atoms with E-state index < -0.39 is 0 Å². The van der Waals surface area contributed by atoms with Crippen LogP contribution in [0.25, 0.3) is 0 Å². The van der Waals surface area contributed by atoms with Crippen molar-refractivity contribution in [1.29, 1.82) is 0 Å². The fourth-order valence-corrected chi connectivity index (χ4v) is 5.57. The summed E-state index contributed by atoms with van der Waals surface area (Å²) in [6, 6.07) is 9.93. The average molecular weight is 543 g/mol. The molecule has 0 aromatic heterocycles. The number of carbonyl (C=O) groups is 1. The Morgan fingerprint density at radius 1 is 0.462 bits per heavy atom. The summed E-state index contributed by atoms with van der Waals surface area (Å²) < 4.78 is 5.35. The molecule has 0 atom stereocenters. The number of rotatable bonds is 30. The molecule has 0 bridgehead atoms. The second kappa shape index (κ2) is 29.7. The van der Waals surface area contributed by atoms with Gasteiger partial charge in [-0.3, -0.25) is 4.79 Å². The zero-order chi connectivity index (χ0) is 27.9. The summed E-state index contributed by atoms with van der Waals surface area (Å²) in [7, 11) is 0. The van der Waals surface area contributed by atoms with E-state index in [9.17, 15) is 4.79 Å². The van der Waals surface area contributed by atoms with E-state index in [1.54, 1.807) is 0 Å². The molecule has 1 rings (SSSR count). The molecular weight excluding hydrogens is 476 g/mol. The van der Waals surface area contributed by atoms with Gasteiger partial charge in [-0.15, -0.1) is 0 Å². The summed E-state index contributed by atoms with van der Waals surface area (Å²) in [5.41, 5.74) is 1.06. The maximum atomic E-state index is 11.8. The highest BCUT2D eigenvalue weighted by atomic mass is 16.5. The van der Waals surface area contributed by atoms with Crippen LogP contribution < -0.4 is 0 Å². The summed E-state index contributed by atoms with van der Waals surface area (Å²) in [5, 5.41) is 0. The molecular formula is C37H66O2. The van der Waals surface area contributed by atoms with Gasteiger partial charge in [0.05, 0.1) is 0 Å². The molecule has 2 nitrogen and oxygen atoms in total. The third-order valence-electron chi connectivity index (χ3n) is 8.23.